The molecule has 11 heavy (non-hydrogen) atoms. The lowest BCUT2D eigenvalue weighted by Gasteiger charge is -2.26. The number of nitrogens with zero attached hydrogens (tertiary/aromatic N) is 2. The van der Waals surface area contributed by atoms with E-state index in [-0.39, 0.29) is 5.91 Å². The highest BCUT2D eigenvalue weighted by Crippen LogP contribution is 1.92. The predicted octanol–water partition coefficient (Wildman–Crippen LogP) is -1.35. The lowest BCUT2D eigenvalue weighted by Crippen LogP contribution is -2.46. The van der Waals surface area contributed by atoms with Gasteiger partial charge in [0.25, 0.3) is 0 Å². The summed E-state index contributed by atoms with van der Waals surface area (Å²) >= 11 is 0. The third-order valence-corrected chi connectivity index (χ3v) is 1.74. The van der Waals surface area contributed by atoms with Crippen LogP contribution in [0.4, 0.5) is 0 Å². The number of hydrogen-bond donors (Lipinski definition) is 1. The van der Waals surface area contributed by atoms with Gasteiger partial charge < -0.3 is 10.2 Å². The van der Waals surface area contributed by atoms with Gasteiger partial charge in [-0.2, -0.15) is 0 Å². The number of piperazine rings is 1. The van der Waals surface area contributed by atoms with Crippen molar-refractivity contribution in [3.8, 4) is 0 Å². The molecule has 0 aromatic rings. The maximum atomic E-state index is 11.2. The first-order chi connectivity index (χ1) is 5.34. The maximum Gasteiger partial charge on any atom is 0.236 e. The van der Waals surface area contributed by atoms with Crippen LogP contribution in [0.15, 0.2) is 0 Å². The summed E-state index contributed by atoms with van der Waals surface area (Å²) < 4.78 is 0. The Morgan fingerprint density at radius 1 is 1.55 bits per heavy atom. The Hall–Kier alpha value is -0.610. The first-order valence-corrected chi connectivity index (χ1v) is 3.90. The minimum atomic E-state index is 0.183. The van der Waals surface area contributed by atoms with Gasteiger partial charge in [-0.15, -0.1) is 0 Å². The number of nitrogens with one attached hydrogen (secondary N) is 1. The van der Waals surface area contributed by atoms with Crippen LogP contribution < -0.4 is 10.6 Å². The van der Waals surface area contributed by atoms with Crippen molar-refractivity contribution in [2.75, 3.05) is 39.8 Å². The standard InChI is InChI=1S/C7H14N3O/c1-8-6-7(11)10-4-2-9-3-5-10/h8H,2-6H2,1H3. The fraction of sp³-hybridized carbons (Fsp3) is 0.857. The first kappa shape index (κ1) is 8.49. The highest BCUT2D eigenvalue weighted by Gasteiger charge is 2.14. The average Bonchev–Trinajstić information content (AvgIpc) is 2.07. The number of rotatable bonds is 2. The SMILES string of the molecule is CNCC(=O)N1CC[N]CC1. The van der Waals surface area contributed by atoms with Crippen LogP contribution >= 0.6 is 0 Å². The molecule has 0 aliphatic carbocycles. The van der Waals surface area contributed by atoms with Crippen molar-refractivity contribution >= 4 is 5.91 Å². The molecule has 4 heteroatoms. The molecule has 1 radical (unpaired) electrons. The fourth-order valence-corrected chi connectivity index (χ4v) is 1.12. The minimum Gasteiger partial charge on any atom is -0.339 e. The summed E-state index contributed by atoms with van der Waals surface area (Å²) in [5.74, 6) is 0.183. The monoisotopic (exact) mass is 156 g/mol. The Morgan fingerprint density at radius 2 is 2.18 bits per heavy atom. The van der Waals surface area contributed by atoms with Crippen molar-refractivity contribution in [3.63, 3.8) is 0 Å². The molecule has 1 N–H and O–H groups in total. The van der Waals surface area contributed by atoms with E-state index in [0.717, 1.165) is 26.2 Å². The van der Waals surface area contributed by atoms with E-state index in [0.29, 0.717) is 6.54 Å². The van der Waals surface area contributed by atoms with Gasteiger partial charge in [0.2, 0.25) is 5.91 Å². The number of carbonyl (C=O) groups is 1. The van der Waals surface area contributed by atoms with Gasteiger partial charge in [0, 0.05) is 26.2 Å². The molecule has 0 bridgehead atoms. The molecule has 1 fully saturated rings. The van der Waals surface area contributed by atoms with Gasteiger partial charge in [0.1, 0.15) is 0 Å². The van der Waals surface area contributed by atoms with Crippen LogP contribution in [-0.4, -0.2) is 50.6 Å². The molecule has 1 amide bonds. The van der Waals surface area contributed by atoms with E-state index in [4.69, 9.17) is 0 Å². The second-order valence-electron chi connectivity index (χ2n) is 2.58. The molecule has 1 aliphatic heterocycles. The molecular weight excluding hydrogens is 142 g/mol. The molecule has 63 valence electrons. The largest absolute Gasteiger partial charge is 0.339 e. The minimum absolute atomic E-state index is 0.183. The van der Waals surface area contributed by atoms with Crippen LogP contribution in [-0.2, 0) is 4.79 Å². The Balaban J connectivity index is 2.27. The second kappa shape index (κ2) is 4.31. The van der Waals surface area contributed by atoms with Gasteiger partial charge in [-0.25, -0.2) is 5.32 Å². The Kier molecular flexibility index (Phi) is 3.32. The average molecular weight is 156 g/mol. The highest BCUT2D eigenvalue weighted by atomic mass is 16.2. The summed E-state index contributed by atoms with van der Waals surface area (Å²) in [6.45, 7) is 3.63. The lowest BCUT2D eigenvalue weighted by atomic mass is 10.3. The number of carbonyl (C=O) groups excluding carboxylic acids is 1. The maximum absolute atomic E-state index is 11.2. The molecule has 0 unspecified atom stereocenters. The van der Waals surface area contributed by atoms with E-state index in [2.05, 4.69) is 10.6 Å². The summed E-state index contributed by atoms with van der Waals surface area (Å²) in [4.78, 5) is 13.1. The van der Waals surface area contributed by atoms with E-state index in [1.807, 2.05) is 4.90 Å². The number of likely N-dealkylation sites (N-methyl/N-ethyl adjacent to an activating group) is 1. The quantitative estimate of drug-likeness (QED) is 0.537. The van der Waals surface area contributed by atoms with Crippen molar-refractivity contribution in [2.45, 2.75) is 0 Å². The summed E-state index contributed by atoms with van der Waals surface area (Å²) in [5, 5.41) is 7.00. The Bertz CT molecular complexity index is 132. The van der Waals surface area contributed by atoms with Crippen molar-refractivity contribution in [1.82, 2.24) is 15.5 Å². The smallest absolute Gasteiger partial charge is 0.236 e. The van der Waals surface area contributed by atoms with Crippen LogP contribution in [0, 0.1) is 0 Å². The fourth-order valence-electron chi connectivity index (χ4n) is 1.12. The molecular formula is C7H14N3O. The second-order valence-corrected chi connectivity index (χ2v) is 2.58. The zero-order chi connectivity index (χ0) is 8.10. The van der Waals surface area contributed by atoms with Crippen molar-refractivity contribution < 1.29 is 4.79 Å². The molecule has 0 spiro atoms. The molecule has 0 aromatic carbocycles. The zero-order valence-corrected chi connectivity index (χ0v) is 6.84. The van der Waals surface area contributed by atoms with Gasteiger partial charge in [-0.1, -0.05) is 0 Å². The van der Waals surface area contributed by atoms with Gasteiger partial charge in [0.15, 0.2) is 0 Å². The molecule has 1 rings (SSSR count). The Morgan fingerprint density at radius 3 is 2.73 bits per heavy atom. The molecule has 1 heterocycles. The van der Waals surface area contributed by atoms with Crippen LogP contribution in [0.2, 0.25) is 0 Å². The topological polar surface area (TPSA) is 46.4 Å². The van der Waals surface area contributed by atoms with E-state index < -0.39 is 0 Å². The summed E-state index contributed by atoms with van der Waals surface area (Å²) in [5.41, 5.74) is 0. The van der Waals surface area contributed by atoms with Crippen molar-refractivity contribution in [3.05, 3.63) is 0 Å². The predicted molar refractivity (Wildman–Crippen MR) is 42.4 cm³/mol. The zero-order valence-electron chi connectivity index (χ0n) is 6.84. The van der Waals surface area contributed by atoms with E-state index in [1.165, 1.54) is 0 Å². The van der Waals surface area contributed by atoms with Gasteiger partial charge in [-0.05, 0) is 7.05 Å². The lowest BCUT2D eigenvalue weighted by molar-refractivity contribution is -0.130. The number of hydrogen-bond acceptors (Lipinski definition) is 2. The third kappa shape index (κ3) is 2.48. The van der Waals surface area contributed by atoms with Gasteiger partial charge in [-0.3, -0.25) is 4.79 Å². The molecule has 4 nitrogen and oxygen atoms in total. The van der Waals surface area contributed by atoms with Crippen LogP contribution in [0.3, 0.4) is 0 Å². The summed E-state index contributed by atoms with van der Waals surface area (Å²) in [6, 6.07) is 0. The van der Waals surface area contributed by atoms with E-state index >= 15 is 0 Å². The molecule has 1 saturated heterocycles. The Labute approximate surface area is 66.9 Å². The van der Waals surface area contributed by atoms with Crippen LogP contribution in [0.1, 0.15) is 0 Å². The summed E-state index contributed by atoms with van der Waals surface area (Å²) in [7, 11) is 1.78. The van der Waals surface area contributed by atoms with Crippen LogP contribution in [0.5, 0.6) is 0 Å². The van der Waals surface area contributed by atoms with E-state index in [9.17, 15) is 4.79 Å². The molecule has 1 aliphatic rings. The highest BCUT2D eigenvalue weighted by molar-refractivity contribution is 5.78. The van der Waals surface area contributed by atoms with E-state index in [1.54, 1.807) is 7.05 Å². The first-order valence-electron chi connectivity index (χ1n) is 3.90. The number of amides is 1. The summed E-state index contributed by atoms with van der Waals surface area (Å²) in [6.07, 6.45) is 0. The molecule has 0 aromatic heterocycles. The van der Waals surface area contributed by atoms with Gasteiger partial charge in [0.05, 0.1) is 6.54 Å². The van der Waals surface area contributed by atoms with Gasteiger partial charge >= 0.3 is 0 Å². The molecule has 0 atom stereocenters. The van der Waals surface area contributed by atoms with Crippen molar-refractivity contribution in [2.24, 2.45) is 0 Å². The van der Waals surface area contributed by atoms with Crippen LogP contribution in [0.25, 0.3) is 0 Å². The third-order valence-electron chi connectivity index (χ3n) is 1.74. The molecule has 0 saturated carbocycles. The normalized spacial score (nSPS) is 18.5. The van der Waals surface area contributed by atoms with Crippen molar-refractivity contribution in [1.29, 1.82) is 0 Å².